The standard InChI is InChI=1S/C50H39F8NO2P2/c1-49(2,3)28-7-9-47-45(11-28)46-12-29(50(4,5)6)8-10-48(46)59(47)38-25-43(62(60,39-17-30(51)13-31(52)18-39)40-19-32(53)14-33(54)20-40)27-44(26-38)63(61,41-21-34(55)15-35(56)22-41)42-23-36(57)16-37(58)24-42/h7-27H,1-6H3. The summed E-state index contributed by atoms with van der Waals surface area (Å²) in [5.41, 5.74) is 2.55. The Morgan fingerprint density at radius 2 is 0.603 bits per heavy atom. The number of fused-ring (bicyclic) bond motifs is 3. The Balaban J connectivity index is 1.59. The summed E-state index contributed by atoms with van der Waals surface area (Å²) >= 11 is 0. The van der Waals surface area contributed by atoms with Gasteiger partial charge >= 0.3 is 0 Å². The molecule has 7 aromatic carbocycles. The van der Waals surface area contributed by atoms with Gasteiger partial charge in [-0.05, 0) is 113 Å². The second-order valence-corrected chi connectivity index (χ2v) is 23.3. The van der Waals surface area contributed by atoms with Crippen molar-refractivity contribution in [3.63, 3.8) is 0 Å². The number of benzene rings is 7. The molecule has 0 N–H and O–H groups in total. The minimum absolute atomic E-state index is 0.0810. The molecule has 63 heavy (non-hydrogen) atoms. The lowest BCUT2D eigenvalue weighted by molar-refractivity contribution is 0.578. The Bertz CT molecular complexity index is 2870. The van der Waals surface area contributed by atoms with Gasteiger partial charge in [-0.15, -0.1) is 0 Å². The van der Waals surface area contributed by atoms with Crippen molar-refractivity contribution in [1.82, 2.24) is 4.57 Å². The number of halogens is 8. The number of rotatable bonds is 7. The van der Waals surface area contributed by atoms with Gasteiger partial charge in [0.05, 0.1) is 11.0 Å². The summed E-state index contributed by atoms with van der Waals surface area (Å²) in [5, 5.41) is -1.45. The highest BCUT2D eigenvalue weighted by atomic mass is 31.2. The molecule has 0 bridgehead atoms. The van der Waals surface area contributed by atoms with Crippen molar-refractivity contribution < 1.29 is 44.3 Å². The van der Waals surface area contributed by atoms with Gasteiger partial charge in [-0.3, -0.25) is 0 Å². The molecule has 3 nitrogen and oxygen atoms in total. The molecule has 1 heterocycles. The van der Waals surface area contributed by atoms with E-state index >= 15 is 44.3 Å². The van der Waals surface area contributed by atoms with E-state index in [9.17, 15) is 0 Å². The molecular weight excluding hydrogens is 860 g/mol. The van der Waals surface area contributed by atoms with Crippen LogP contribution in [0.15, 0.2) is 127 Å². The number of hydrogen-bond donors (Lipinski definition) is 0. The first-order chi connectivity index (χ1) is 29.4. The van der Waals surface area contributed by atoms with Crippen molar-refractivity contribution >= 4 is 67.9 Å². The quantitative estimate of drug-likeness (QED) is 0.118. The molecule has 0 saturated heterocycles. The van der Waals surface area contributed by atoms with E-state index in [0.29, 0.717) is 35.3 Å². The highest BCUT2D eigenvalue weighted by Gasteiger charge is 2.38. The first-order valence-electron chi connectivity index (χ1n) is 19.8. The van der Waals surface area contributed by atoms with Crippen LogP contribution in [0.1, 0.15) is 52.7 Å². The Hall–Kier alpha value is -5.76. The summed E-state index contributed by atoms with van der Waals surface area (Å²) in [6.45, 7) is 12.3. The molecule has 13 heteroatoms. The van der Waals surface area contributed by atoms with E-state index in [-0.39, 0.29) is 27.1 Å². The maximum absolute atomic E-state index is 16.1. The van der Waals surface area contributed by atoms with Crippen molar-refractivity contribution in [2.75, 3.05) is 0 Å². The largest absolute Gasteiger partial charge is 0.309 e. The van der Waals surface area contributed by atoms with Gasteiger partial charge in [-0.1, -0.05) is 53.7 Å². The summed E-state index contributed by atoms with van der Waals surface area (Å²) in [7, 11) is -9.80. The average Bonchev–Trinajstić information content (AvgIpc) is 3.51. The van der Waals surface area contributed by atoms with Gasteiger partial charge in [-0.25, -0.2) is 35.1 Å². The fourth-order valence-electron chi connectivity index (χ4n) is 8.09. The molecule has 0 radical (unpaired) electrons. The van der Waals surface area contributed by atoms with Gasteiger partial charge in [0, 0.05) is 72.6 Å². The van der Waals surface area contributed by atoms with Crippen LogP contribution in [-0.2, 0) is 20.0 Å². The van der Waals surface area contributed by atoms with Crippen molar-refractivity contribution in [3.05, 3.63) is 185 Å². The first kappa shape index (κ1) is 43.9. The smallest absolute Gasteiger partial charge is 0.171 e. The lowest BCUT2D eigenvalue weighted by atomic mass is 9.85. The molecule has 0 amide bonds. The van der Waals surface area contributed by atoms with Gasteiger partial charge in [-0.2, -0.15) is 0 Å². The van der Waals surface area contributed by atoms with Crippen LogP contribution >= 0.6 is 14.3 Å². The Morgan fingerprint density at radius 1 is 0.349 bits per heavy atom. The molecule has 0 aliphatic carbocycles. The molecule has 0 aliphatic heterocycles. The normalized spacial score (nSPS) is 12.7. The van der Waals surface area contributed by atoms with Crippen molar-refractivity contribution in [2.24, 2.45) is 0 Å². The van der Waals surface area contributed by atoms with E-state index in [1.807, 2.05) is 77.9 Å². The van der Waals surface area contributed by atoms with E-state index in [1.165, 1.54) is 12.1 Å². The molecule has 322 valence electrons. The third kappa shape index (κ3) is 7.95. The van der Waals surface area contributed by atoms with Crippen LogP contribution in [0, 0.1) is 46.5 Å². The molecule has 0 saturated carbocycles. The van der Waals surface area contributed by atoms with Crippen LogP contribution in [0.5, 0.6) is 0 Å². The lowest BCUT2D eigenvalue weighted by Gasteiger charge is -2.26. The highest BCUT2D eigenvalue weighted by Crippen LogP contribution is 2.48. The molecule has 8 aromatic rings. The zero-order valence-electron chi connectivity index (χ0n) is 34.8. The summed E-state index contributed by atoms with van der Waals surface area (Å²) in [4.78, 5) is 0. The average molecular weight is 900 g/mol. The maximum atomic E-state index is 16.1. The number of hydrogen-bond acceptors (Lipinski definition) is 2. The van der Waals surface area contributed by atoms with Crippen LogP contribution in [0.25, 0.3) is 27.5 Å². The third-order valence-corrected chi connectivity index (χ3v) is 17.1. The van der Waals surface area contributed by atoms with Crippen molar-refractivity contribution in [1.29, 1.82) is 0 Å². The SMILES string of the molecule is CC(C)(C)c1ccc2c(c1)c1cc(C(C)(C)C)ccc1n2-c1cc(P(=O)(c2cc(F)cc(F)c2)c2cc(F)cc(F)c2)cc(P(=O)(c2cc(F)cc(F)c2)c2cc(F)cc(F)c2)c1. The summed E-state index contributed by atoms with van der Waals surface area (Å²) in [6.07, 6.45) is 0. The number of aromatic nitrogens is 1. The Kier molecular flexibility index (Phi) is 10.8. The van der Waals surface area contributed by atoms with Gasteiger partial charge in [0.25, 0.3) is 0 Å². The van der Waals surface area contributed by atoms with Crippen molar-refractivity contribution in [2.45, 2.75) is 52.4 Å². The Labute approximate surface area is 358 Å². The monoisotopic (exact) mass is 899 g/mol. The van der Waals surface area contributed by atoms with Gasteiger partial charge in [0.15, 0.2) is 14.3 Å². The fraction of sp³-hybridized carbons (Fsp3) is 0.160. The zero-order valence-corrected chi connectivity index (χ0v) is 36.6. The minimum Gasteiger partial charge on any atom is -0.309 e. The van der Waals surface area contributed by atoms with E-state index in [0.717, 1.165) is 76.5 Å². The van der Waals surface area contributed by atoms with E-state index in [1.54, 1.807) is 4.57 Å². The molecule has 1 aromatic heterocycles. The fourth-order valence-corrected chi connectivity index (χ4v) is 13.7. The Morgan fingerprint density at radius 3 is 0.857 bits per heavy atom. The van der Waals surface area contributed by atoms with Crippen LogP contribution < -0.4 is 31.8 Å². The molecule has 0 spiro atoms. The molecular formula is C50H39F8NO2P2. The predicted molar refractivity (Wildman–Crippen MR) is 237 cm³/mol. The molecule has 0 atom stereocenters. The predicted octanol–water partition coefficient (Wildman–Crippen LogP) is 11.8. The number of nitrogens with zero attached hydrogens (tertiary/aromatic N) is 1. The molecule has 0 fully saturated rings. The van der Waals surface area contributed by atoms with E-state index < -0.39 is 82.0 Å². The molecule has 8 rings (SSSR count). The second-order valence-electron chi connectivity index (χ2n) is 17.7. The summed E-state index contributed by atoms with van der Waals surface area (Å²) in [5.74, 6) is -9.43. The third-order valence-electron chi connectivity index (χ3n) is 11.2. The summed E-state index contributed by atoms with van der Waals surface area (Å²) in [6, 6.07) is 23.4. The van der Waals surface area contributed by atoms with E-state index in [4.69, 9.17) is 0 Å². The van der Waals surface area contributed by atoms with Crippen LogP contribution in [0.2, 0.25) is 0 Å². The minimum atomic E-state index is -4.90. The highest BCUT2D eigenvalue weighted by molar-refractivity contribution is 7.86. The second kappa shape index (κ2) is 15.5. The summed E-state index contributed by atoms with van der Waals surface area (Å²) < 4.78 is 156. The topological polar surface area (TPSA) is 39.1 Å². The van der Waals surface area contributed by atoms with Crippen LogP contribution in [0.4, 0.5) is 35.1 Å². The van der Waals surface area contributed by atoms with Gasteiger partial charge in [0.2, 0.25) is 0 Å². The zero-order chi connectivity index (χ0) is 45.6. The molecule has 0 aliphatic rings. The van der Waals surface area contributed by atoms with Crippen LogP contribution in [-0.4, -0.2) is 4.57 Å². The maximum Gasteiger partial charge on any atom is 0.171 e. The lowest BCUT2D eigenvalue weighted by Crippen LogP contribution is -2.32. The first-order valence-corrected chi connectivity index (χ1v) is 23.2. The van der Waals surface area contributed by atoms with Gasteiger partial charge < -0.3 is 13.7 Å². The van der Waals surface area contributed by atoms with Crippen LogP contribution in [0.3, 0.4) is 0 Å². The van der Waals surface area contributed by atoms with Gasteiger partial charge in [0.1, 0.15) is 46.5 Å². The van der Waals surface area contributed by atoms with E-state index in [2.05, 4.69) is 0 Å². The van der Waals surface area contributed by atoms with Crippen molar-refractivity contribution in [3.8, 4) is 5.69 Å². The molecule has 0 unspecified atom stereocenters.